The fourth-order valence-electron chi connectivity index (χ4n) is 4.75. The van der Waals surface area contributed by atoms with Crippen LogP contribution in [0.15, 0.2) is 23.2 Å². The first kappa shape index (κ1) is 19.1. The predicted octanol–water partition coefficient (Wildman–Crippen LogP) is 1.14. The number of nitrogens with zero attached hydrogens (tertiary/aromatic N) is 6. The van der Waals surface area contributed by atoms with Gasteiger partial charge in [0.05, 0.1) is 5.51 Å². The minimum absolute atomic E-state index is 0.00397. The minimum Gasteiger partial charge on any atom is -0.336 e. The Hall–Kier alpha value is -2.26. The quantitative estimate of drug-likeness (QED) is 0.750. The lowest BCUT2D eigenvalue weighted by Crippen LogP contribution is -2.44. The highest BCUT2D eigenvalue weighted by Crippen LogP contribution is 2.43. The van der Waals surface area contributed by atoms with E-state index in [9.17, 15) is 9.59 Å². The molecule has 9 heteroatoms. The molecule has 0 aliphatic carbocycles. The second kappa shape index (κ2) is 7.29. The normalized spacial score (nSPS) is 24.2. The second-order valence-corrected chi connectivity index (χ2v) is 8.79. The Bertz CT molecular complexity index is 864. The number of likely N-dealkylation sites (tertiary alicyclic amines) is 2. The number of carbonyl (C=O) groups excluding carboxylic acids is 2. The van der Waals surface area contributed by atoms with E-state index in [0.29, 0.717) is 44.1 Å². The summed E-state index contributed by atoms with van der Waals surface area (Å²) in [6, 6.07) is 1.79. The number of thiazole rings is 1. The Morgan fingerprint density at radius 3 is 2.57 bits per heavy atom. The number of fused-ring (bicyclic) bond motifs is 1. The van der Waals surface area contributed by atoms with E-state index in [4.69, 9.17) is 0 Å². The van der Waals surface area contributed by atoms with Gasteiger partial charge in [-0.25, -0.2) is 4.98 Å². The van der Waals surface area contributed by atoms with Crippen LogP contribution < -0.4 is 0 Å². The molecule has 8 nitrogen and oxygen atoms in total. The fraction of sp³-hybridized carbons (Fsp3) is 0.579. The van der Waals surface area contributed by atoms with Gasteiger partial charge in [0.2, 0.25) is 0 Å². The maximum Gasteiger partial charge on any atom is 0.273 e. The number of carbonyl (C=O) groups is 2. The van der Waals surface area contributed by atoms with Crippen molar-refractivity contribution in [2.45, 2.75) is 13.5 Å². The Labute approximate surface area is 168 Å². The largest absolute Gasteiger partial charge is 0.336 e. The number of rotatable bonds is 5. The molecule has 2 aromatic rings. The maximum absolute atomic E-state index is 13.1. The number of hydrogen-bond acceptors (Lipinski definition) is 6. The van der Waals surface area contributed by atoms with Gasteiger partial charge in [-0.05, 0) is 27.1 Å². The van der Waals surface area contributed by atoms with Gasteiger partial charge >= 0.3 is 0 Å². The zero-order valence-corrected chi connectivity index (χ0v) is 17.4. The van der Waals surface area contributed by atoms with Crippen molar-refractivity contribution < 1.29 is 9.59 Å². The smallest absolute Gasteiger partial charge is 0.273 e. The SMILES string of the molecule is CCn1nccc1C(=O)N1C[C@H]2CN(C(=O)c3cscn3)C[C@@]2(CN(C)C)C1. The highest BCUT2D eigenvalue weighted by molar-refractivity contribution is 7.07. The predicted molar refractivity (Wildman–Crippen MR) is 106 cm³/mol. The molecule has 2 amide bonds. The van der Waals surface area contributed by atoms with Crippen LogP contribution in [-0.2, 0) is 6.54 Å². The first-order valence-corrected chi connectivity index (χ1v) is 10.5. The second-order valence-electron chi connectivity index (χ2n) is 8.07. The summed E-state index contributed by atoms with van der Waals surface area (Å²) in [6.07, 6.45) is 1.68. The maximum atomic E-state index is 13.1. The molecule has 150 valence electrons. The van der Waals surface area contributed by atoms with Gasteiger partial charge in [0.15, 0.2) is 0 Å². The van der Waals surface area contributed by atoms with Gasteiger partial charge in [0.25, 0.3) is 11.8 Å². The van der Waals surface area contributed by atoms with Crippen LogP contribution in [0.1, 0.15) is 27.9 Å². The van der Waals surface area contributed by atoms with E-state index in [1.165, 1.54) is 11.3 Å². The van der Waals surface area contributed by atoms with Gasteiger partial charge in [0.1, 0.15) is 11.4 Å². The van der Waals surface area contributed by atoms with Crippen molar-refractivity contribution in [3.8, 4) is 0 Å². The summed E-state index contributed by atoms with van der Waals surface area (Å²) in [5.74, 6) is 0.291. The highest BCUT2D eigenvalue weighted by atomic mass is 32.1. The fourth-order valence-corrected chi connectivity index (χ4v) is 5.28. The molecule has 4 rings (SSSR count). The van der Waals surface area contributed by atoms with Crippen molar-refractivity contribution in [1.29, 1.82) is 0 Å². The number of aryl methyl sites for hydroxylation is 1. The molecule has 0 radical (unpaired) electrons. The van der Waals surface area contributed by atoms with Crippen LogP contribution in [0.2, 0.25) is 0 Å². The van der Waals surface area contributed by atoms with Crippen LogP contribution in [0.25, 0.3) is 0 Å². The summed E-state index contributed by atoms with van der Waals surface area (Å²) >= 11 is 1.44. The Balaban J connectivity index is 1.55. The summed E-state index contributed by atoms with van der Waals surface area (Å²) in [7, 11) is 4.10. The third-order valence-corrected chi connectivity index (χ3v) is 6.44. The molecule has 2 atom stereocenters. The highest BCUT2D eigenvalue weighted by Gasteiger charge is 2.55. The van der Waals surface area contributed by atoms with Gasteiger partial charge in [-0.15, -0.1) is 11.3 Å². The molecule has 28 heavy (non-hydrogen) atoms. The molecular weight excluding hydrogens is 376 g/mol. The van der Waals surface area contributed by atoms with Crippen LogP contribution in [0.5, 0.6) is 0 Å². The van der Waals surface area contributed by atoms with E-state index in [0.717, 1.165) is 6.54 Å². The molecule has 0 bridgehead atoms. The van der Waals surface area contributed by atoms with Gasteiger partial charge < -0.3 is 14.7 Å². The summed E-state index contributed by atoms with van der Waals surface area (Å²) < 4.78 is 1.74. The Kier molecular flexibility index (Phi) is 4.96. The van der Waals surface area contributed by atoms with Crippen molar-refractivity contribution >= 4 is 23.2 Å². The molecule has 0 aromatic carbocycles. The van der Waals surface area contributed by atoms with E-state index >= 15 is 0 Å². The van der Waals surface area contributed by atoms with Crippen molar-refractivity contribution in [3.05, 3.63) is 34.5 Å². The van der Waals surface area contributed by atoms with Crippen LogP contribution in [0, 0.1) is 11.3 Å². The van der Waals surface area contributed by atoms with Crippen LogP contribution >= 0.6 is 11.3 Å². The van der Waals surface area contributed by atoms with Crippen molar-refractivity contribution in [3.63, 3.8) is 0 Å². The third-order valence-electron chi connectivity index (χ3n) is 5.85. The van der Waals surface area contributed by atoms with Gasteiger partial charge in [-0.1, -0.05) is 0 Å². The van der Waals surface area contributed by atoms with Crippen LogP contribution in [-0.4, -0.2) is 88.1 Å². The molecule has 0 saturated carbocycles. The molecule has 0 spiro atoms. The molecule has 0 N–H and O–H groups in total. The van der Waals surface area contributed by atoms with Gasteiger partial charge in [-0.3, -0.25) is 14.3 Å². The molecule has 2 aromatic heterocycles. The van der Waals surface area contributed by atoms with Gasteiger partial charge in [-0.2, -0.15) is 5.10 Å². The van der Waals surface area contributed by atoms with E-state index in [-0.39, 0.29) is 23.1 Å². The number of aromatic nitrogens is 3. The van der Waals surface area contributed by atoms with Crippen molar-refractivity contribution in [1.82, 2.24) is 29.5 Å². The first-order chi connectivity index (χ1) is 13.4. The monoisotopic (exact) mass is 402 g/mol. The number of amides is 2. The Morgan fingerprint density at radius 2 is 1.96 bits per heavy atom. The molecule has 2 fully saturated rings. The average molecular weight is 403 g/mol. The molecule has 4 heterocycles. The Morgan fingerprint density at radius 1 is 1.25 bits per heavy atom. The molecule has 2 aliphatic rings. The first-order valence-electron chi connectivity index (χ1n) is 9.57. The molecule has 2 saturated heterocycles. The third kappa shape index (κ3) is 3.22. The summed E-state index contributed by atoms with van der Waals surface area (Å²) in [6.45, 7) is 6.15. The van der Waals surface area contributed by atoms with Gasteiger partial charge in [0, 0.05) is 62.2 Å². The minimum atomic E-state index is -0.109. The number of hydrogen-bond donors (Lipinski definition) is 0. The molecule has 0 unspecified atom stereocenters. The van der Waals surface area contributed by atoms with E-state index in [1.807, 2.05) is 30.8 Å². The van der Waals surface area contributed by atoms with E-state index in [2.05, 4.69) is 15.0 Å². The zero-order chi connectivity index (χ0) is 19.9. The zero-order valence-electron chi connectivity index (χ0n) is 16.5. The van der Waals surface area contributed by atoms with Crippen LogP contribution in [0.4, 0.5) is 0 Å². The van der Waals surface area contributed by atoms with Crippen LogP contribution in [0.3, 0.4) is 0 Å². The summed E-state index contributed by atoms with van der Waals surface area (Å²) in [4.78, 5) is 36.1. The topological polar surface area (TPSA) is 74.6 Å². The average Bonchev–Trinajstić information content (AvgIpc) is 3.41. The lowest BCUT2D eigenvalue weighted by atomic mass is 9.80. The van der Waals surface area contributed by atoms with E-state index < -0.39 is 0 Å². The van der Waals surface area contributed by atoms with E-state index in [1.54, 1.807) is 27.8 Å². The lowest BCUT2D eigenvalue weighted by molar-refractivity contribution is 0.0692. The van der Waals surface area contributed by atoms with Crippen molar-refractivity contribution in [2.75, 3.05) is 46.8 Å². The standard InChI is InChI=1S/C19H26N6O2S/c1-4-25-16(5-6-21-25)18(27)24-8-14-7-23(17(26)15-9-28-13-20-15)11-19(14,12-24)10-22(2)3/h5-6,9,13-14H,4,7-8,10-12H2,1-3H3/t14-,19+/m1/s1. The van der Waals surface area contributed by atoms with Crippen molar-refractivity contribution in [2.24, 2.45) is 11.3 Å². The molecule has 2 aliphatic heterocycles. The summed E-state index contributed by atoms with van der Waals surface area (Å²) in [5.41, 5.74) is 2.74. The summed E-state index contributed by atoms with van der Waals surface area (Å²) in [5, 5.41) is 6.03. The molecular formula is C19H26N6O2S. The lowest BCUT2D eigenvalue weighted by Gasteiger charge is -2.32.